The van der Waals surface area contributed by atoms with Gasteiger partial charge in [-0.25, -0.2) is 4.39 Å². The van der Waals surface area contributed by atoms with Gasteiger partial charge in [-0.15, -0.1) is 0 Å². The quantitative estimate of drug-likeness (QED) is 0.269. The SMILES string of the molecule is CCCCCOc1ccc([C@@H]2c3c(oc4ccc(F)cc4c3=O)C(=O)N2Cc2ccc3c(c2)OCO3)cc1. The Labute approximate surface area is 218 Å². The third-order valence-electron chi connectivity index (χ3n) is 6.93. The first-order chi connectivity index (χ1) is 18.5. The van der Waals surface area contributed by atoms with E-state index in [-0.39, 0.29) is 35.6 Å². The topological polar surface area (TPSA) is 78.2 Å². The molecule has 0 radical (unpaired) electrons. The number of rotatable bonds is 8. The van der Waals surface area contributed by atoms with E-state index < -0.39 is 23.2 Å². The van der Waals surface area contributed by atoms with Gasteiger partial charge >= 0.3 is 0 Å². The van der Waals surface area contributed by atoms with Gasteiger partial charge in [-0.05, 0) is 60.0 Å². The fourth-order valence-corrected chi connectivity index (χ4v) is 5.03. The second-order valence-corrected chi connectivity index (χ2v) is 9.46. The van der Waals surface area contributed by atoms with Crippen LogP contribution in [0.1, 0.15) is 59.5 Å². The number of fused-ring (bicyclic) bond motifs is 3. The summed E-state index contributed by atoms with van der Waals surface area (Å²) in [5.41, 5.74) is 1.47. The largest absolute Gasteiger partial charge is 0.494 e. The van der Waals surface area contributed by atoms with Gasteiger partial charge in [-0.3, -0.25) is 9.59 Å². The van der Waals surface area contributed by atoms with Crippen molar-refractivity contribution in [3.8, 4) is 17.2 Å². The molecule has 0 aliphatic carbocycles. The van der Waals surface area contributed by atoms with Crippen LogP contribution in [-0.4, -0.2) is 24.2 Å². The first kappa shape index (κ1) is 24.0. The molecule has 38 heavy (non-hydrogen) atoms. The average molecular weight is 516 g/mol. The van der Waals surface area contributed by atoms with Crippen LogP contribution in [0.5, 0.6) is 17.2 Å². The van der Waals surface area contributed by atoms with Crippen molar-refractivity contribution in [3.05, 3.63) is 99.2 Å². The third-order valence-corrected chi connectivity index (χ3v) is 6.93. The van der Waals surface area contributed by atoms with E-state index in [2.05, 4.69) is 6.92 Å². The summed E-state index contributed by atoms with van der Waals surface area (Å²) in [7, 11) is 0. The van der Waals surface area contributed by atoms with Crippen molar-refractivity contribution >= 4 is 16.9 Å². The highest BCUT2D eigenvalue weighted by Crippen LogP contribution is 2.41. The molecule has 0 unspecified atom stereocenters. The number of ether oxygens (including phenoxy) is 3. The molecule has 2 aliphatic rings. The minimum atomic E-state index is -0.721. The lowest BCUT2D eigenvalue weighted by atomic mass is 9.98. The Bertz CT molecular complexity index is 1580. The summed E-state index contributed by atoms with van der Waals surface area (Å²) in [5, 5.41) is 0.0994. The maximum absolute atomic E-state index is 14.0. The Kier molecular flexibility index (Phi) is 6.23. The molecular formula is C30H26FNO6. The lowest BCUT2D eigenvalue weighted by Crippen LogP contribution is -2.29. The van der Waals surface area contributed by atoms with Gasteiger partial charge in [-0.2, -0.15) is 0 Å². The Hall–Kier alpha value is -4.33. The molecule has 0 saturated heterocycles. The summed E-state index contributed by atoms with van der Waals surface area (Å²) >= 11 is 0. The van der Waals surface area contributed by atoms with Gasteiger partial charge in [0.15, 0.2) is 16.9 Å². The molecule has 2 aliphatic heterocycles. The van der Waals surface area contributed by atoms with Crippen LogP contribution in [-0.2, 0) is 6.54 Å². The van der Waals surface area contributed by atoms with E-state index >= 15 is 0 Å². The molecule has 3 heterocycles. The molecule has 1 aromatic heterocycles. The highest BCUT2D eigenvalue weighted by molar-refractivity contribution is 5.99. The molecule has 0 saturated carbocycles. The molecule has 4 aromatic rings. The lowest BCUT2D eigenvalue weighted by molar-refractivity contribution is 0.0714. The highest BCUT2D eigenvalue weighted by atomic mass is 19.1. The van der Waals surface area contributed by atoms with Crippen molar-refractivity contribution in [3.63, 3.8) is 0 Å². The molecule has 3 aromatic carbocycles. The van der Waals surface area contributed by atoms with Gasteiger partial charge in [-0.1, -0.05) is 38.0 Å². The van der Waals surface area contributed by atoms with Crippen LogP contribution >= 0.6 is 0 Å². The Balaban J connectivity index is 1.41. The maximum Gasteiger partial charge on any atom is 0.291 e. The molecule has 1 amide bonds. The normalized spacial score (nSPS) is 15.8. The van der Waals surface area contributed by atoms with Crippen LogP contribution in [0.15, 0.2) is 69.9 Å². The van der Waals surface area contributed by atoms with E-state index in [0.29, 0.717) is 23.9 Å². The number of hydrogen-bond acceptors (Lipinski definition) is 6. The van der Waals surface area contributed by atoms with Gasteiger partial charge in [0.1, 0.15) is 17.1 Å². The molecule has 8 heteroatoms. The number of unbranched alkanes of at least 4 members (excludes halogenated alkanes) is 2. The van der Waals surface area contributed by atoms with Gasteiger partial charge in [0, 0.05) is 6.54 Å². The van der Waals surface area contributed by atoms with Gasteiger partial charge in [0.25, 0.3) is 5.91 Å². The van der Waals surface area contributed by atoms with Crippen LogP contribution in [0.4, 0.5) is 4.39 Å². The molecule has 0 N–H and O–H groups in total. The summed E-state index contributed by atoms with van der Waals surface area (Å²) in [5.74, 6) is 0.964. The molecule has 6 rings (SSSR count). The molecular weight excluding hydrogens is 489 g/mol. The standard InChI is InChI=1S/C30H26FNO6/c1-2-3-4-13-35-21-9-6-19(7-10-21)27-26-28(33)22-15-20(31)8-12-23(22)38-29(26)30(34)32(27)16-18-5-11-24-25(14-18)37-17-36-24/h5-12,14-15,27H,2-4,13,16-17H2,1H3/t27-/m1/s1. The number of halogens is 1. The predicted molar refractivity (Wildman–Crippen MR) is 138 cm³/mol. The van der Waals surface area contributed by atoms with E-state index in [0.717, 1.165) is 36.5 Å². The van der Waals surface area contributed by atoms with Crippen molar-refractivity contribution in [1.82, 2.24) is 4.90 Å². The number of amides is 1. The van der Waals surface area contributed by atoms with E-state index in [9.17, 15) is 14.0 Å². The second kappa shape index (κ2) is 9.85. The van der Waals surface area contributed by atoms with Crippen molar-refractivity contribution < 1.29 is 27.8 Å². The van der Waals surface area contributed by atoms with Crippen molar-refractivity contribution in [2.45, 2.75) is 38.8 Å². The Morgan fingerprint density at radius 1 is 0.974 bits per heavy atom. The van der Waals surface area contributed by atoms with E-state index in [1.54, 1.807) is 11.0 Å². The van der Waals surface area contributed by atoms with E-state index in [1.807, 2.05) is 36.4 Å². The molecule has 7 nitrogen and oxygen atoms in total. The number of nitrogens with zero attached hydrogens (tertiary/aromatic N) is 1. The van der Waals surface area contributed by atoms with E-state index in [1.165, 1.54) is 12.1 Å². The summed E-state index contributed by atoms with van der Waals surface area (Å²) in [4.78, 5) is 28.9. The maximum atomic E-state index is 14.0. The molecule has 0 fully saturated rings. The zero-order valence-corrected chi connectivity index (χ0v) is 20.9. The van der Waals surface area contributed by atoms with Gasteiger partial charge in [0.2, 0.25) is 12.6 Å². The van der Waals surface area contributed by atoms with Crippen molar-refractivity contribution in [2.24, 2.45) is 0 Å². The second-order valence-electron chi connectivity index (χ2n) is 9.46. The van der Waals surface area contributed by atoms with Gasteiger partial charge in [0.05, 0.1) is 23.6 Å². The summed E-state index contributed by atoms with van der Waals surface area (Å²) in [6.45, 7) is 3.10. The molecule has 0 spiro atoms. The zero-order chi connectivity index (χ0) is 26.2. The fraction of sp³-hybridized carbons (Fsp3) is 0.267. The van der Waals surface area contributed by atoms with Crippen LogP contribution in [0.3, 0.4) is 0 Å². The third kappa shape index (κ3) is 4.26. The molecule has 194 valence electrons. The summed E-state index contributed by atoms with van der Waals surface area (Å²) in [6, 6.07) is 15.9. The first-order valence-corrected chi connectivity index (χ1v) is 12.7. The number of hydrogen-bond donors (Lipinski definition) is 0. The van der Waals surface area contributed by atoms with Gasteiger partial charge < -0.3 is 23.5 Å². The number of benzene rings is 3. The summed E-state index contributed by atoms with van der Waals surface area (Å²) < 4.78 is 36.7. The Morgan fingerprint density at radius 3 is 2.61 bits per heavy atom. The number of carbonyl (C=O) groups is 1. The molecule has 0 bridgehead atoms. The zero-order valence-electron chi connectivity index (χ0n) is 20.9. The van der Waals surface area contributed by atoms with E-state index in [4.69, 9.17) is 18.6 Å². The van der Waals surface area contributed by atoms with Crippen LogP contribution in [0, 0.1) is 5.82 Å². The number of carbonyl (C=O) groups excluding carboxylic acids is 1. The van der Waals surface area contributed by atoms with Crippen LogP contribution < -0.4 is 19.6 Å². The minimum Gasteiger partial charge on any atom is -0.494 e. The first-order valence-electron chi connectivity index (χ1n) is 12.7. The molecule has 1 atom stereocenters. The monoisotopic (exact) mass is 515 g/mol. The summed E-state index contributed by atoms with van der Waals surface area (Å²) in [6.07, 6.45) is 3.17. The smallest absolute Gasteiger partial charge is 0.291 e. The Morgan fingerprint density at radius 2 is 1.79 bits per heavy atom. The van der Waals surface area contributed by atoms with Crippen LogP contribution in [0.25, 0.3) is 11.0 Å². The minimum absolute atomic E-state index is 0.0280. The van der Waals surface area contributed by atoms with Crippen LogP contribution in [0.2, 0.25) is 0 Å². The van der Waals surface area contributed by atoms with Crippen molar-refractivity contribution in [1.29, 1.82) is 0 Å². The predicted octanol–water partition coefficient (Wildman–Crippen LogP) is 5.98. The fourth-order valence-electron chi connectivity index (χ4n) is 5.03. The highest BCUT2D eigenvalue weighted by Gasteiger charge is 2.43. The average Bonchev–Trinajstić information content (AvgIpc) is 3.50. The van der Waals surface area contributed by atoms with Crippen molar-refractivity contribution in [2.75, 3.05) is 13.4 Å². The lowest BCUT2D eigenvalue weighted by Gasteiger charge is -2.25.